The van der Waals surface area contributed by atoms with Gasteiger partial charge in [-0.2, -0.15) is 0 Å². The fourth-order valence-electron chi connectivity index (χ4n) is 1.89. The number of halogens is 3. The summed E-state index contributed by atoms with van der Waals surface area (Å²) in [6, 6.07) is 3.02. The summed E-state index contributed by atoms with van der Waals surface area (Å²) in [7, 11) is 1.99. The summed E-state index contributed by atoms with van der Waals surface area (Å²) in [6.45, 7) is 2.77. The van der Waals surface area contributed by atoms with Gasteiger partial charge in [0.05, 0.1) is 15.1 Å². The molecule has 1 amide bonds. The standard InChI is InChI=1S/C12H13BrClFN2O/c1-16-4-6-17(7-5-16)12(18)10-9(14)3-2-8(13)11(10)15/h2-3H,4-7H2,1H3. The molecule has 0 atom stereocenters. The van der Waals surface area contributed by atoms with Crippen molar-refractivity contribution in [3.05, 3.63) is 33.0 Å². The quantitative estimate of drug-likeness (QED) is 0.737. The molecule has 0 unspecified atom stereocenters. The molecule has 1 saturated heterocycles. The Labute approximate surface area is 119 Å². The Bertz CT molecular complexity index is 475. The smallest absolute Gasteiger partial charge is 0.258 e. The van der Waals surface area contributed by atoms with Crippen molar-refractivity contribution in [3.63, 3.8) is 0 Å². The zero-order chi connectivity index (χ0) is 13.3. The predicted octanol–water partition coefficient (Wildman–Crippen LogP) is 2.63. The number of hydrogen-bond acceptors (Lipinski definition) is 2. The Morgan fingerprint density at radius 2 is 1.94 bits per heavy atom. The van der Waals surface area contributed by atoms with Crippen LogP contribution in [0.25, 0.3) is 0 Å². The fourth-order valence-corrected chi connectivity index (χ4v) is 2.45. The number of carbonyl (C=O) groups excluding carboxylic acids is 1. The Kier molecular flexibility index (Phi) is 4.25. The van der Waals surface area contributed by atoms with E-state index in [1.165, 1.54) is 12.1 Å². The van der Waals surface area contributed by atoms with E-state index in [1.54, 1.807) is 4.90 Å². The highest BCUT2D eigenvalue weighted by molar-refractivity contribution is 9.10. The number of benzene rings is 1. The maximum atomic E-state index is 14.0. The summed E-state index contributed by atoms with van der Waals surface area (Å²) >= 11 is 8.99. The van der Waals surface area contributed by atoms with Gasteiger partial charge in [0, 0.05) is 26.2 Å². The monoisotopic (exact) mass is 334 g/mol. The van der Waals surface area contributed by atoms with E-state index < -0.39 is 5.82 Å². The van der Waals surface area contributed by atoms with Crippen LogP contribution in [-0.4, -0.2) is 48.9 Å². The Morgan fingerprint density at radius 3 is 2.56 bits per heavy atom. The van der Waals surface area contributed by atoms with Crippen LogP contribution < -0.4 is 0 Å². The minimum absolute atomic E-state index is 0.0457. The average molecular weight is 336 g/mol. The molecule has 0 bridgehead atoms. The molecule has 6 heteroatoms. The van der Waals surface area contributed by atoms with Crippen molar-refractivity contribution in [2.75, 3.05) is 33.2 Å². The third-order valence-electron chi connectivity index (χ3n) is 3.05. The second-order valence-electron chi connectivity index (χ2n) is 4.31. The van der Waals surface area contributed by atoms with E-state index in [2.05, 4.69) is 20.8 Å². The normalized spacial score (nSPS) is 17.0. The van der Waals surface area contributed by atoms with Gasteiger partial charge >= 0.3 is 0 Å². The molecule has 3 nitrogen and oxygen atoms in total. The number of piperazine rings is 1. The highest BCUT2D eigenvalue weighted by atomic mass is 79.9. The van der Waals surface area contributed by atoms with Crippen molar-refractivity contribution in [2.45, 2.75) is 0 Å². The molecule has 0 N–H and O–H groups in total. The van der Waals surface area contributed by atoms with Crippen molar-refractivity contribution in [3.8, 4) is 0 Å². The Hall–Kier alpha value is -0.650. The van der Waals surface area contributed by atoms with Gasteiger partial charge in [0.15, 0.2) is 5.82 Å². The molecule has 0 aliphatic carbocycles. The number of rotatable bonds is 1. The van der Waals surface area contributed by atoms with Crippen molar-refractivity contribution in [2.24, 2.45) is 0 Å². The van der Waals surface area contributed by atoms with Crippen molar-refractivity contribution >= 4 is 33.4 Å². The molecular weight excluding hydrogens is 322 g/mol. The van der Waals surface area contributed by atoms with Crippen molar-refractivity contribution < 1.29 is 9.18 Å². The van der Waals surface area contributed by atoms with Gasteiger partial charge in [0.1, 0.15) is 0 Å². The van der Waals surface area contributed by atoms with E-state index in [-0.39, 0.29) is 21.0 Å². The molecule has 1 aromatic carbocycles. The molecule has 98 valence electrons. The van der Waals surface area contributed by atoms with Gasteiger partial charge in [-0.25, -0.2) is 4.39 Å². The maximum absolute atomic E-state index is 14.0. The molecule has 0 spiro atoms. The third kappa shape index (κ3) is 2.68. The van der Waals surface area contributed by atoms with E-state index in [0.29, 0.717) is 13.1 Å². The third-order valence-corrected chi connectivity index (χ3v) is 3.98. The second-order valence-corrected chi connectivity index (χ2v) is 5.58. The first-order chi connectivity index (χ1) is 8.50. The average Bonchev–Trinajstić information content (AvgIpc) is 2.35. The summed E-state index contributed by atoms with van der Waals surface area (Å²) in [5.74, 6) is -0.932. The molecule has 2 rings (SSSR count). The molecule has 0 radical (unpaired) electrons. The zero-order valence-corrected chi connectivity index (χ0v) is 12.3. The zero-order valence-electron chi connectivity index (χ0n) is 9.92. The van der Waals surface area contributed by atoms with E-state index in [1.807, 2.05) is 7.05 Å². The largest absolute Gasteiger partial charge is 0.336 e. The first-order valence-corrected chi connectivity index (χ1v) is 6.79. The molecule has 1 aromatic rings. The van der Waals surface area contributed by atoms with Crippen LogP contribution in [0.3, 0.4) is 0 Å². The van der Waals surface area contributed by atoms with Crippen LogP contribution in [-0.2, 0) is 0 Å². The molecule has 0 saturated carbocycles. The van der Waals surface area contributed by atoms with Crippen LogP contribution in [0, 0.1) is 5.82 Å². The summed E-state index contributed by atoms with van der Waals surface area (Å²) in [6.07, 6.45) is 0. The Morgan fingerprint density at radius 1 is 1.33 bits per heavy atom. The predicted molar refractivity (Wildman–Crippen MR) is 72.5 cm³/mol. The Balaban J connectivity index is 2.26. The summed E-state index contributed by atoms with van der Waals surface area (Å²) < 4.78 is 14.2. The van der Waals surface area contributed by atoms with Crippen LogP contribution in [0.4, 0.5) is 4.39 Å². The van der Waals surface area contributed by atoms with E-state index in [4.69, 9.17) is 11.6 Å². The molecule has 1 aliphatic rings. The number of nitrogens with zero attached hydrogens (tertiary/aromatic N) is 2. The molecule has 0 aromatic heterocycles. The van der Waals surface area contributed by atoms with Crippen LogP contribution in [0.5, 0.6) is 0 Å². The van der Waals surface area contributed by atoms with Gasteiger partial charge < -0.3 is 9.80 Å². The summed E-state index contributed by atoms with van der Waals surface area (Å²) in [5, 5.41) is 0.152. The second kappa shape index (κ2) is 5.55. The first kappa shape index (κ1) is 13.8. The summed E-state index contributed by atoms with van der Waals surface area (Å²) in [4.78, 5) is 16.0. The molecular formula is C12H13BrClFN2O. The summed E-state index contributed by atoms with van der Waals surface area (Å²) in [5.41, 5.74) is -0.0457. The maximum Gasteiger partial charge on any atom is 0.258 e. The minimum Gasteiger partial charge on any atom is -0.336 e. The van der Waals surface area contributed by atoms with Gasteiger partial charge in [-0.1, -0.05) is 11.6 Å². The fraction of sp³-hybridized carbons (Fsp3) is 0.417. The van der Waals surface area contributed by atoms with Crippen molar-refractivity contribution in [1.82, 2.24) is 9.80 Å². The van der Waals surface area contributed by atoms with E-state index in [0.717, 1.165) is 13.1 Å². The lowest BCUT2D eigenvalue weighted by Gasteiger charge is -2.32. The molecule has 1 heterocycles. The van der Waals surface area contributed by atoms with Crippen LogP contribution >= 0.6 is 27.5 Å². The lowest BCUT2D eigenvalue weighted by atomic mass is 10.1. The highest BCUT2D eigenvalue weighted by Crippen LogP contribution is 2.27. The molecule has 1 fully saturated rings. The van der Waals surface area contributed by atoms with Gasteiger partial charge in [0.25, 0.3) is 5.91 Å². The minimum atomic E-state index is -0.591. The number of likely N-dealkylation sites (N-methyl/N-ethyl adjacent to an activating group) is 1. The lowest BCUT2D eigenvalue weighted by molar-refractivity contribution is 0.0659. The number of hydrogen-bond donors (Lipinski definition) is 0. The molecule has 18 heavy (non-hydrogen) atoms. The van der Waals surface area contributed by atoms with Crippen LogP contribution in [0.2, 0.25) is 5.02 Å². The van der Waals surface area contributed by atoms with Crippen LogP contribution in [0.1, 0.15) is 10.4 Å². The number of amides is 1. The molecule has 1 aliphatic heterocycles. The van der Waals surface area contributed by atoms with E-state index in [9.17, 15) is 9.18 Å². The SMILES string of the molecule is CN1CCN(C(=O)c2c(Cl)ccc(Br)c2F)CC1. The number of carbonyl (C=O) groups is 1. The van der Waals surface area contributed by atoms with Gasteiger partial charge in [-0.05, 0) is 35.1 Å². The lowest BCUT2D eigenvalue weighted by Crippen LogP contribution is -2.47. The van der Waals surface area contributed by atoms with Crippen LogP contribution in [0.15, 0.2) is 16.6 Å². The van der Waals surface area contributed by atoms with Gasteiger partial charge in [-0.3, -0.25) is 4.79 Å². The van der Waals surface area contributed by atoms with E-state index >= 15 is 0 Å². The van der Waals surface area contributed by atoms with Crippen molar-refractivity contribution in [1.29, 1.82) is 0 Å². The highest BCUT2D eigenvalue weighted by Gasteiger charge is 2.25. The van der Waals surface area contributed by atoms with Gasteiger partial charge in [-0.15, -0.1) is 0 Å². The first-order valence-electron chi connectivity index (χ1n) is 5.62. The van der Waals surface area contributed by atoms with Gasteiger partial charge in [0.2, 0.25) is 0 Å². The topological polar surface area (TPSA) is 23.6 Å².